The van der Waals surface area contributed by atoms with E-state index < -0.39 is 0 Å². The molecular formula is C16H16O2S2. The lowest BCUT2D eigenvalue weighted by Gasteiger charge is -2.08. The molecule has 0 unspecified atom stereocenters. The van der Waals surface area contributed by atoms with Gasteiger partial charge in [0.1, 0.15) is 5.75 Å². The Kier molecular flexibility index (Phi) is 4.13. The molecule has 0 amide bonds. The maximum absolute atomic E-state index is 12.7. The standard InChI is InChI=1S/C16H16O2S2/c1-2-18-13-6-4-3-5-12(13)16(17)15-9-11-10-19-8-7-14(11)20-15/h3-6,9H,2,7-8,10H2,1H3. The smallest absolute Gasteiger partial charge is 0.206 e. The van der Waals surface area contributed by atoms with Crippen molar-refractivity contribution in [2.75, 3.05) is 12.4 Å². The van der Waals surface area contributed by atoms with Crippen molar-refractivity contribution in [3.8, 4) is 5.75 Å². The number of ether oxygens (including phenoxy) is 1. The van der Waals surface area contributed by atoms with Gasteiger partial charge in [-0.2, -0.15) is 11.8 Å². The van der Waals surface area contributed by atoms with Gasteiger partial charge in [0.2, 0.25) is 5.78 Å². The molecule has 0 atom stereocenters. The number of rotatable bonds is 4. The van der Waals surface area contributed by atoms with E-state index in [1.807, 2.05) is 43.0 Å². The summed E-state index contributed by atoms with van der Waals surface area (Å²) in [5.74, 6) is 2.96. The van der Waals surface area contributed by atoms with E-state index in [-0.39, 0.29) is 5.78 Å². The molecule has 2 aromatic rings. The van der Waals surface area contributed by atoms with Gasteiger partial charge in [0.05, 0.1) is 17.0 Å². The first-order chi connectivity index (χ1) is 9.79. The van der Waals surface area contributed by atoms with Crippen LogP contribution < -0.4 is 4.74 Å². The van der Waals surface area contributed by atoms with Gasteiger partial charge >= 0.3 is 0 Å². The average Bonchev–Trinajstić information content (AvgIpc) is 2.91. The van der Waals surface area contributed by atoms with Crippen LogP contribution >= 0.6 is 23.1 Å². The summed E-state index contributed by atoms with van der Waals surface area (Å²) in [5, 5.41) is 0. The van der Waals surface area contributed by atoms with Crippen LogP contribution in [-0.4, -0.2) is 18.1 Å². The summed E-state index contributed by atoms with van der Waals surface area (Å²) >= 11 is 3.59. The van der Waals surface area contributed by atoms with E-state index in [4.69, 9.17) is 4.74 Å². The lowest BCUT2D eigenvalue weighted by Crippen LogP contribution is -2.03. The Hall–Kier alpha value is -1.26. The molecule has 3 rings (SSSR count). The molecule has 0 bridgehead atoms. The Morgan fingerprint density at radius 3 is 3.00 bits per heavy atom. The number of benzene rings is 1. The van der Waals surface area contributed by atoms with Gasteiger partial charge in [-0.1, -0.05) is 12.1 Å². The quantitative estimate of drug-likeness (QED) is 0.793. The van der Waals surface area contributed by atoms with Gasteiger partial charge in [-0.25, -0.2) is 0 Å². The molecule has 1 aromatic carbocycles. The lowest BCUT2D eigenvalue weighted by atomic mass is 10.1. The third-order valence-electron chi connectivity index (χ3n) is 3.28. The van der Waals surface area contributed by atoms with Crippen molar-refractivity contribution in [1.82, 2.24) is 0 Å². The van der Waals surface area contributed by atoms with Crippen LogP contribution in [0.3, 0.4) is 0 Å². The minimum Gasteiger partial charge on any atom is -0.493 e. The molecule has 0 spiro atoms. The normalized spacial score (nSPS) is 13.8. The third kappa shape index (κ3) is 2.63. The number of ketones is 1. The molecule has 1 aliphatic heterocycles. The number of aryl methyl sites for hydroxylation is 1. The fraction of sp³-hybridized carbons (Fsp3) is 0.312. The minimum atomic E-state index is 0.0819. The van der Waals surface area contributed by atoms with E-state index in [0.29, 0.717) is 17.9 Å². The lowest BCUT2D eigenvalue weighted by molar-refractivity contribution is 0.103. The molecule has 0 aliphatic carbocycles. The Bertz CT molecular complexity index is 608. The van der Waals surface area contributed by atoms with Crippen molar-refractivity contribution in [2.45, 2.75) is 19.1 Å². The van der Waals surface area contributed by atoms with Crippen molar-refractivity contribution in [1.29, 1.82) is 0 Å². The number of thiophene rings is 1. The number of para-hydroxylation sites is 1. The van der Waals surface area contributed by atoms with Crippen molar-refractivity contribution in [2.24, 2.45) is 0 Å². The predicted octanol–water partition coefficient (Wildman–Crippen LogP) is 4.17. The van der Waals surface area contributed by atoms with Crippen LogP contribution in [0, 0.1) is 0 Å². The van der Waals surface area contributed by atoms with Crippen LogP contribution in [0.2, 0.25) is 0 Å². The highest BCUT2D eigenvalue weighted by Crippen LogP contribution is 2.33. The molecule has 0 radical (unpaired) electrons. The van der Waals surface area contributed by atoms with Crippen LogP contribution in [0.1, 0.15) is 32.6 Å². The van der Waals surface area contributed by atoms with E-state index in [0.717, 1.165) is 22.8 Å². The zero-order chi connectivity index (χ0) is 13.9. The van der Waals surface area contributed by atoms with E-state index in [1.165, 1.54) is 10.4 Å². The number of hydrogen-bond donors (Lipinski definition) is 0. The number of thioether (sulfide) groups is 1. The second-order valence-electron chi connectivity index (χ2n) is 4.62. The fourth-order valence-electron chi connectivity index (χ4n) is 2.33. The molecule has 0 N–H and O–H groups in total. The Balaban J connectivity index is 1.94. The summed E-state index contributed by atoms with van der Waals surface area (Å²) in [5.41, 5.74) is 2.00. The molecule has 0 saturated heterocycles. The number of fused-ring (bicyclic) bond motifs is 1. The Morgan fingerprint density at radius 2 is 2.20 bits per heavy atom. The average molecular weight is 304 g/mol. The zero-order valence-corrected chi connectivity index (χ0v) is 13.0. The van der Waals surface area contributed by atoms with Crippen LogP contribution in [0.25, 0.3) is 0 Å². The molecule has 20 heavy (non-hydrogen) atoms. The predicted molar refractivity (Wildman–Crippen MR) is 85.2 cm³/mol. The third-order valence-corrected chi connectivity index (χ3v) is 5.53. The number of hydrogen-bond acceptors (Lipinski definition) is 4. The van der Waals surface area contributed by atoms with Gasteiger partial charge in [-0.15, -0.1) is 11.3 Å². The van der Waals surface area contributed by atoms with Gasteiger partial charge in [-0.3, -0.25) is 4.79 Å². The van der Waals surface area contributed by atoms with E-state index in [2.05, 4.69) is 6.07 Å². The first-order valence-corrected chi connectivity index (χ1v) is 8.72. The molecule has 1 aliphatic rings. The first kappa shape index (κ1) is 13.7. The monoisotopic (exact) mass is 304 g/mol. The topological polar surface area (TPSA) is 26.3 Å². The minimum absolute atomic E-state index is 0.0819. The summed E-state index contributed by atoms with van der Waals surface area (Å²) in [6.45, 7) is 2.50. The van der Waals surface area contributed by atoms with Gasteiger partial charge < -0.3 is 4.74 Å². The highest BCUT2D eigenvalue weighted by atomic mass is 32.2. The summed E-state index contributed by atoms with van der Waals surface area (Å²) < 4.78 is 5.56. The molecule has 1 aromatic heterocycles. The summed E-state index contributed by atoms with van der Waals surface area (Å²) in [6.07, 6.45) is 1.09. The van der Waals surface area contributed by atoms with Gasteiger partial charge in [0, 0.05) is 10.6 Å². The summed E-state index contributed by atoms with van der Waals surface area (Å²) in [7, 11) is 0. The fourth-order valence-corrected chi connectivity index (χ4v) is 4.65. The van der Waals surface area contributed by atoms with Gasteiger partial charge in [0.25, 0.3) is 0 Å². The molecule has 2 heterocycles. The second-order valence-corrected chi connectivity index (χ2v) is 6.86. The van der Waals surface area contributed by atoms with Crippen LogP contribution in [0.15, 0.2) is 30.3 Å². The molecule has 104 valence electrons. The largest absolute Gasteiger partial charge is 0.493 e. The van der Waals surface area contributed by atoms with Crippen LogP contribution in [0.5, 0.6) is 5.75 Å². The zero-order valence-electron chi connectivity index (χ0n) is 11.3. The van der Waals surface area contributed by atoms with Crippen molar-refractivity contribution < 1.29 is 9.53 Å². The summed E-state index contributed by atoms with van der Waals surface area (Å²) in [4.78, 5) is 14.9. The molecule has 4 heteroatoms. The second kappa shape index (κ2) is 6.02. The highest BCUT2D eigenvalue weighted by Gasteiger charge is 2.20. The van der Waals surface area contributed by atoms with Gasteiger partial charge in [-0.05, 0) is 42.9 Å². The Morgan fingerprint density at radius 1 is 1.35 bits per heavy atom. The van der Waals surface area contributed by atoms with E-state index in [1.54, 1.807) is 11.3 Å². The SMILES string of the molecule is CCOc1ccccc1C(=O)c1cc2c(s1)CCSC2. The first-order valence-electron chi connectivity index (χ1n) is 6.75. The number of carbonyl (C=O) groups is 1. The van der Waals surface area contributed by atoms with Gasteiger partial charge in [0.15, 0.2) is 0 Å². The van der Waals surface area contributed by atoms with Crippen LogP contribution in [-0.2, 0) is 12.2 Å². The van der Waals surface area contributed by atoms with Crippen molar-refractivity contribution in [3.05, 3.63) is 51.2 Å². The summed E-state index contributed by atoms with van der Waals surface area (Å²) in [6, 6.07) is 9.56. The van der Waals surface area contributed by atoms with Crippen molar-refractivity contribution in [3.63, 3.8) is 0 Å². The maximum atomic E-state index is 12.7. The molecular weight excluding hydrogens is 288 g/mol. The molecule has 0 fully saturated rings. The van der Waals surface area contributed by atoms with Crippen molar-refractivity contribution >= 4 is 28.9 Å². The number of carbonyl (C=O) groups excluding carboxylic acids is 1. The van der Waals surface area contributed by atoms with E-state index >= 15 is 0 Å². The Labute approximate surface area is 127 Å². The van der Waals surface area contributed by atoms with Crippen LogP contribution in [0.4, 0.5) is 0 Å². The molecule has 2 nitrogen and oxygen atoms in total. The van der Waals surface area contributed by atoms with E-state index in [9.17, 15) is 4.79 Å². The highest BCUT2D eigenvalue weighted by molar-refractivity contribution is 7.98. The maximum Gasteiger partial charge on any atom is 0.206 e. The molecule has 0 saturated carbocycles.